The van der Waals surface area contributed by atoms with Crippen LogP contribution in [0.5, 0.6) is 0 Å². The number of alkyl halides is 5. The van der Waals surface area contributed by atoms with Crippen LogP contribution in [0.1, 0.15) is 29.8 Å². The maximum atomic E-state index is 13.5. The lowest BCUT2D eigenvalue weighted by molar-refractivity contribution is -0.385. The van der Waals surface area contributed by atoms with Gasteiger partial charge in [0.2, 0.25) is 5.78 Å². The Morgan fingerprint density at radius 1 is 1.29 bits per heavy atom. The van der Waals surface area contributed by atoms with Crippen molar-refractivity contribution < 1.29 is 41.2 Å². The number of ether oxygens (including phenoxy) is 1. The highest BCUT2D eigenvalue weighted by atomic mass is 19.4. The minimum atomic E-state index is -5.99. The minimum absolute atomic E-state index is 0.0366. The molecular formula is C17H16F5NO5. The number of Topliss-reactive ketones (excluding diaryl/α,β-unsaturated/α-hetero) is 2. The zero-order chi connectivity index (χ0) is 21.9. The Morgan fingerprint density at radius 2 is 1.86 bits per heavy atom. The molecule has 28 heavy (non-hydrogen) atoms. The molecule has 6 nitrogen and oxygen atoms in total. The lowest BCUT2D eigenvalue weighted by Gasteiger charge is -2.21. The van der Waals surface area contributed by atoms with E-state index < -0.39 is 57.4 Å². The first-order valence-corrected chi connectivity index (χ1v) is 7.85. The fourth-order valence-electron chi connectivity index (χ4n) is 2.20. The van der Waals surface area contributed by atoms with Crippen LogP contribution < -0.4 is 0 Å². The van der Waals surface area contributed by atoms with Gasteiger partial charge in [0.05, 0.1) is 10.5 Å². The third-order valence-electron chi connectivity index (χ3n) is 3.81. The number of nitro benzene ring substituents is 1. The summed E-state index contributed by atoms with van der Waals surface area (Å²) < 4.78 is 69.5. The summed E-state index contributed by atoms with van der Waals surface area (Å²) >= 11 is 0. The van der Waals surface area contributed by atoms with Gasteiger partial charge in [0.25, 0.3) is 5.69 Å². The van der Waals surface area contributed by atoms with E-state index in [-0.39, 0.29) is 18.7 Å². The lowest BCUT2D eigenvalue weighted by atomic mass is 9.93. The molecule has 0 aliphatic heterocycles. The lowest BCUT2D eigenvalue weighted by Crippen LogP contribution is -2.37. The minimum Gasteiger partial charge on any atom is -0.362 e. The van der Waals surface area contributed by atoms with Crippen LogP contribution in [0.25, 0.3) is 0 Å². The molecule has 1 rings (SSSR count). The van der Waals surface area contributed by atoms with Gasteiger partial charge in [0, 0.05) is 24.2 Å². The van der Waals surface area contributed by atoms with Gasteiger partial charge in [0.1, 0.15) is 0 Å². The Hall–Kier alpha value is -2.69. The number of halogens is 5. The Labute approximate surface area is 156 Å². The number of carbonyl (C=O) groups excluding carboxylic acids is 2. The molecule has 0 heterocycles. The van der Waals surface area contributed by atoms with Gasteiger partial charge < -0.3 is 4.74 Å². The SMILES string of the molecule is C=CC(C)C(=O)C(OCC)C(=O)c1ccc(C(F)(F)C(F)(F)F)cc1[N+](=O)[O-]. The normalized spacial score (nSPS) is 14.2. The summed E-state index contributed by atoms with van der Waals surface area (Å²) in [4.78, 5) is 34.7. The largest absolute Gasteiger partial charge is 0.458 e. The standard InChI is InChI=1S/C17H16F5NO5/c1-4-9(3)13(24)15(28-5-2)14(25)11-7-6-10(8-12(11)23(26)27)16(18,19)17(20,21)22/h4,6-9,15H,1,5H2,2-3H3. The molecule has 0 amide bonds. The van der Waals surface area contributed by atoms with E-state index in [0.29, 0.717) is 6.07 Å². The first kappa shape index (κ1) is 23.3. The topological polar surface area (TPSA) is 86.5 Å². The molecule has 2 atom stereocenters. The van der Waals surface area contributed by atoms with Crippen LogP contribution in [0.15, 0.2) is 30.9 Å². The molecule has 1 aromatic rings. The Morgan fingerprint density at radius 3 is 2.29 bits per heavy atom. The van der Waals surface area contributed by atoms with Crippen molar-refractivity contribution in [1.29, 1.82) is 0 Å². The van der Waals surface area contributed by atoms with Gasteiger partial charge in [-0.3, -0.25) is 19.7 Å². The second-order valence-electron chi connectivity index (χ2n) is 5.69. The number of rotatable bonds is 9. The van der Waals surface area contributed by atoms with Crippen LogP contribution >= 0.6 is 0 Å². The molecule has 0 saturated heterocycles. The first-order valence-electron chi connectivity index (χ1n) is 7.85. The molecule has 0 bridgehead atoms. The van der Waals surface area contributed by atoms with Crippen molar-refractivity contribution in [3.05, 3.63) is 52.1 Å². The average Bonchev–Trinajstić information content (AvgIpc) is 2.62. The van der Waals surface area contributed by atoms with Crippen LogP contribution in [0.2, 0.25) is 0 Å². The molecule has 1 aromatic carbocycles. The summed E-state index contributed by atoms with van der Waals surface area (Å²) in [5, 5.41) is 11.2. The molecule has 0 saturated carbocycles. The summed E-state index contributed by atoms with van der Waals surface area (Å²) in [6.07, 6.45) is -6.59. The number of hydrogen-bond acceptors (Lipinski definition) is 5. The monoisotopic (exact) mass is 409 g/mol. The Balaban J connectivity index is 3.51. The number of ketones is 2. The molecule has 2 unspecified atom stereocenters. The maximum absolute atomic E-state index is 13.5. The summed E-state index contributed by atoms with van der Waals surface area (Å²) in [6, 6.07) is 0.663. The highest BCUT2D eigenvalue weighted by Gasteiger charge is 2.59. The highest BCUT2D eigenvalue weighted by molar-refractivity contribution is 6.15. The quantitative estimate of drug-likeness (QED) is 0.152. The van der Waals surface area contributed by atoms with Crippen LogP contribution in [0.4, 0.5) is 27.6 Å². The summed E-state index contributed by atoms with van der Waals surface area (Å²) in [5.74, 6) is -8.25. The molecule has 0 aliphatic carbocycles. The van der Waals surface area contributed by atoms with Gasteiger partial charge in [-0.15, -0.1) is 6.58 Å². The summed E-state index contributed by atoms with van der Waals surface area (Å²) in [5.41, 5.74) is -3.83. The number of hydrogen-bond donors (Lipinski definition) is 0. The van der Waals surface area contributed by atoms with E-state index in [9.17, 15) is 41.7 Å². The average molecular weight is 409 g/mol. The Bertz CT molecular complexity index is 791. The van der Waals surface area contributed by atoms with E-state index in [2.05, 4.69) is 6.58 Å². The zero-order valence-electron chi connectivity index (χ0n) is 14.8. The van der Waals surface area contributed by atoms with Gasteiger partial charge in [-0.1, -0.05) is 19.1 Å². The van der Waals surface area contributed by atoms with Crippen LogP contribution in [-0.4, -0.2) is 35.4 Å². The first-order chi connectivity index (χ1) is 12.8. The number of carbonyl (C=O) groups is 2. The van der Waals surface area contributed by atoms with E-state index >= 15 is 0 Å². The number of nitrogens with zero attached hydrogens (tertiary/aromatic N) is 1. The molecule has 0 spiro atoms. The van der Waals surface area contributed by atoms with E-state index in [1.54, 1.807) is 0 Å². The maximum Gasteiger partial charge on any atom is 0.458 e. The third kappa shape index (κ3) is 4.58. The predicted molar refractivity (Wildman–Crippen MR) is 87.2 cm³/mol. The molecule has 0 aliphatic rings. The zero-order valence-corrected chi connectivity index (χ0v) is 14.8. The third-order valence-corrected chi connectivity index (χ3v) is 3.81. The van der Waals surface area contributed by atoms with Gasteiger partial charge in [-0.25, -0.2) is 0 Å². The second-order valence-corrected chi connectivity index (χ2v) is 5.69. The number of nitro groups is 1. The highest BCUT2D eigenvalue weighted by Crippen LogP contribution is 2.45. The molecule has 154 valence electrons. The molecular weight excluding hydrogens is 393 g/mol. The van der Waals surface area contributed by atoms with Crippen LogP contribution in [-0.2, 0) is 15.5 Å². The van der Waals surface area contributed by atoms with Crippen molar-refractivity contribution >= 4 is 17.3 Å². The molecule has 11 heteroatoms. The number of benzene rings is 1. The Kier molecular flexibility index (Phi) is 7.13. The number of allylic oxidation sites excluding steroid dienone is 1. The van der Waals surface area contributed by atoms with E-state index in [1.165, 1.54) is 19.9 Å². The van der Waals surface area contributed by atoms with Crippen LogP contribution in [0.3, 0.4) is 0 Å². The van der Waals surface area contributed by atoms with E-state index in [1.807, 2.05) is 0 Å². The van der Waals surface area contributed by atoms with Crippen molar-refractivity contribution in [2.24, 2.45) is 5.92 Å². The van der Waals surface area contributed by atoms with Crippen molar-refractivity contribution in [3.63, 3.8) is 0 Å². The van der Waals surface area contributed by atoms with Crippen molar-refractivity contribution in [3.8, 4) is 0 Å². The fourth-order valence-corrected chi connectivity index (χ4v) is 2.20. The van der Waals surface area contributed by atoms with Gasteiger partial charge in [-0.05, 0) is 13.0 Å². The smallest absolute Gasteiger partial charge is 0.362 e. The second kappa shape index (κ2) is 8.55. The molecule has 0 fully saturated rings. The van der Waals surface area contributed by atoms with Crippen LogP contribution in [0, 0.1) is 16.0 Å². The van der Waals surface area contributed by atoms with E-state index in [0.717, 1.165) is 0 Å². The van der Waals surface area contributed by atoms with Crippen molar-refractivity contribution in [1.82, 2.24) is 0 Å². The fraction of sp³-hybridized carbons (Fsp3) is 0.412. The van der Waals surface area contributed by atoms with Crippen molar-refractivity contribution in [2.75, 3.05) is 6.61 Å². The van der Waals surface area contributed by atoms with Gasteiger partial charge in [0.15, 0.2) is 11.9 Å². The van der Waals surface area contributed by atoms with Gasteiger partial charge >= 0.3 is 12.1 Å². The summed E-state index contributed by atoms with van der Waals surface area (Å²) in [6.45, 7) is 6.07. The molecule has 0 aromatic heterocycles. The predicted octanol–water partition coefficient (Wildman–Crippen LogP) is 4.23. The summed E-state index contributed by atoms with van der Waals surface area (Å²) in [7, 11) is 0. The molecule has 0 N–H and O–H groups in total. The van der Waals surface area contributed by atoms with E-state index in [4.69, 9.17) is 4.74 Å². The van der Waals surface area contributed by atoms with Gasteiger partial charge in [-0.2, -0.15) is 22.0 Å². The van der Waals surface area contributed by atoms with Crippen molar-refractivity contribution in [2.45, 2.75) is 32.1 Å². The molecule has 0 radical (unpaired) electrons.